The quantitative estimate of drug-likeness (QED) is 0.761. The Kier molecular flexibility index (Phi) is 4.09. The summed E-state index contributed by atoms with van der Waals surface area (Å²) in [6.07, 6.45) is 1.17. The van der Waals surface area contributed by atoms with Crippen LogP contribution >= 0.6 is 0 Å². The Morgan fingerprint density at radius 3 is 2.75 bits per heavy atom. The number of carbonyl (C=O) groups excluding carboxylic acids is 1. The zero-order valence-corrected chi connectivity index (χ0v) is 11.6. The molecule has 7 nitrogen and oxygen atoms in total. The minimum Gasteiger partial charge on any atom is -0.324 e. The van der Waals surface area contributed by atoms with Crippen LogP contribution in [0.1, 0.15) is 26.7 Å². The van der Waals surface area contributed by atoms with E-state index in [4.69, 9.17) is 5.73 Å². The second-order valence-corrected chi connectivity index (χ2v) is 4.63. The van der Waals surface area contributed by atoms with E-state index in [1.54, 1.807) is 12.1 Å². The van der Waals surface area contributed by atoms with Crippen molar-refractivity contribution >= 4 is 11.6 Å². The average molecular weight is 274 g/mol. The van der Waals surface area contributed by atoms with Crippen molar-refractivity contribution in [2.45, 2.75) is 32.2 Å². The van der Waals surface area contributed by atoms with E-state index in [1.807, 2.05) is 26.0 Å². The van der Waals surface area contributed by atoms with Crippen molar-refractivity contribution in [1.29, 1.82) is 0 Å². The van der Waals surface area contributed by atoms with Crippen molar-refractivity contribution in [2.24, 2.45) is 5.73 Å². The standard InChI is InChI=1S/C13H18N6O/c1-3-13(14,4-2)12(20)15-10-7-5-6-9(8-10)11-16-18-19-17-11/h5-8H,3-4,14H2,1-2H3,(H,15,20)(H,16,17,18,19). The SMILES string of the molecule is CCC(N)(CC)C(=O)Nc1cccc(-c2nn[nH]n2)c1. The van der Waals surface area contributed by atoms with Gasteiger partial charge in [-0.2, -0.15) is 5.21 Å². The van der Waals surface area contributed by atoms with Gasteiger partial charge in [-0.25, -0.2) is 0 Å². The summed E-state index contributed by atoms with van der Waals surface area (Å²) in [4.78, 5) is 12.2. The molecule has 4 N–H and O–H groups in total. The lowest BCUT2D eigenvalue weighted by atomic mass is 9.93. The van der Waals surface area contributed by atoms with Gasteiger partial charge in [0.15, 0.2) is 0 Å². The third-order valence-corrected chi connectivity index (χ3v) is 3.44. The Morgan fingerprint density at radius 1 is 1.40 bits per heavy atom. The molecule has 1 heterocycles. The van der Waals surface area contributed by atoms with Gasteiger partial charge >= 0.3 is 0 Å². The summed E-state index contributed by atoms with van der Waals surface area (Å²) in [6, 6.07) is 7.24. The van der Waals surface area contributed by atoms with E-state index in [0.717, 1.165) is 5.56 Å². The van der Waals surface area contributed by atoms with Crippen LogP contribution < -0.4 is 11.1 Å². The molecule has 0 fully saturated rings. The first-order chi connectivity index (χ1) is 9.59. The van der Waals surface area contributed by atoms with Crippen molar-refractivity contribution in [3.05, 3.63) is 24.3 Å². The molecular formula is C13H18N6O. The van der Waals surface area contributed by atoms with E-state index in [9.17, 15) is 4.79 Å². The minimum atomic E-state index is -0.845. The number of hydrogen-bond donors (Lipinski definition) is 3. The number of anilines is 1. The largest absolute Gasteiger partial charge is 0.324 e. The lowest BCUT2D eigenvalue weighted by Crippen LogP contribution is -2.50. The molecule has 0 saturated carbocycles. The number of nitrogens with zero attached hydrogens (tertiary/aromatic N) is 3. The van der Waals surface area contributed by atoms with Crippen molar-refractivity contribution in [3.8, 4) is 11.4 Å². The van der Waals surface area contributed by atoms with E-state index < -0.39 is 5.54 Å². The van der Waals surface area contributed by atoms with Crippen LogP contribution in [0.4, 0.5) is 5.69 Å². The number of hydrogen-bond acceptors (Lipinski definition) is 5. The molecule has 0 atom stereocenters. The van der Waals surface area contributed by atoms with Gasteiger partial charge in [-0.1, -0.05) is 26.0 Å². The first kappa shape index (κ1) is 14.1. The lowest BCUT2D eigenvalue weighted by molar-refractivity contribution is -0.121. The highest BCUT2D eigenvalue weighted by molar-refractivity contribution is 5.98. The number of aromatic nitrogens is 4. The summed E-state index contributed by atoms with van der Waals surface area (Å²) in [5, 5.41) is 16.5. The number of aromatic amines is 1. The van der Waals surface area contributed by atoms with E-state index >= 15 is 0 Å². The predicted octanol–water partition coefficient (Wildman–Crippen LogP) is 1.32. The summed E-state index contributed by atoms with van der Waals surface area (Å²) < 4.78 is 0. The van der Waals surface area contributed by atoms with Crippen molar-refractivity contribution in [1.82, 2.24) is 20.6 Å². The first-order valence-corrected chi connectivity index (χ1v) is 6.53. The summed E-state index contributed by atoms with van der Waals surface area (Å²) in [6.45, 7) is 3.80. The maximum Gasteiger partial charge on any atom is 0.244 e. The Bertz CT molecular complexity index is 576. The topological polar surface area (TPSA) is 110 Å². The second kappa shape index (κ2) is 5.79. The highest BCUT2D eigenvalue weighted by atomic mass is 16.2. The van der Waals surface area contributed by atoms with Crippen molar-refractivity contribution in [2.75, 3.05) is 5.32 Å². The molecule has 1 amide bonds. The number of H-pyrrole nitrogens is 1. The van der Waals surface area contributed by atoms with Crippen LogP contribution in [0.15, 0.2) is 24.3 Å². The van der Waals surface area contributed by atoms with Gasteiger partial charge < -0.3 is 11.1 Å². The molecule has 0 saturated heterocycles. The van der Waals surface area contributed by atoms with E-state index in [0.29, 0.717) is 24.4 Å². The number of benzene rings is 1. The molecule has 0 aliphatic carbocycles. The molecule has 106 valence electrons. The van der Waals surface area contributed by atoms with Gasteiger partial charge in [0.25, 0.3) is 0 Å². The summed E-state index contributed by atoms with van der Waals surface area (Å²) in [5.41, 5.74) is 6.66. The monoisotopic (exact) mass is 274 g/mol. The highest BCUT2D eigenvalue weighted by Crippen LogP contribution is 2.20. The van der Waals surface area contributed by atoms with E-state index in [-0.39, 0.29) is 5.91 Å². The molecular weight excluding hydrogens is 256 g/mol. The molecule has 0 spiro atoms. The van der Waals surface area contributed by atoms with Gasteiger partial charge in [0.05, 0.1) is 5.54 Å². The van der Waals surface area contributed by atoms with E-state index in [2.05, 4.69) is 25.9 Å². The molecule has 1 aromatic carbocycles. The molecule has 20 heavy (non-hydrogen) atoms. The number of tetrazole rings is 1. The van der Waals surface area contributed by atoms with Crippen LogP contribution in [0, 0.1) is 0 Å². The summed E-state index contributed by atoms with van der Waals surface area (Å²) in [5.74, 6) is 0.291. The molecule has 0 bridgehead atoms. The number of nitrogens with one attached hydrogen (secondary N) is 2. The molecule has 2 aromatic rings. The third-order valence-electron chi connectivity index (χ3n) is 3.44. The van der Waals surface area contributed by atoms with Crippen LogP contribution in [0.2, 0.25) is 0 Å². The summed E-state index contributed by atoms with van der Waals surface area (Å²) >= 11 is 0. The summed E-state index contributed by atoms with van der Waals surface area (Å²) in [7, 11) is 0. The van der Waals surface area contributed by atoms with Gasteiger partial charge in [0, 0.05) is 11.3 Å². The molecule has 0 aliphatic rings. The molecule has 7 heteroatoms. The zero-order valence-electron chi connectivity index (χ0n) is 11.6. The molecule has 0 radical (unpaired) electrons. The molecule has 1 aromatic heterocycles. The Morgan fingerprint density at radius 2 is 2.15 bits per heavy atom. The fraction of sp³-hybridized carbons (Fsp3) is 0.385. The lowest BCUT2D eigenvalue weighted by Gasteiger charge is -2.25. The van der Waals surface area contributed by atoms with Crippen LogP contribution in [0.25, 0.3) is 11.4 Å². The fourth-order valence-corrected chi connectivity index (χ4v) is 1.85. The van der Waals surface area contributed by atoms with Crippen LogP contribution in [-0.2, 0) is 4.79 Å². The van der Waals surface area contributed by atoms with Crippen LogP contribution in [0.3, 0.4) is 0 Å². The normalized spacial score (nSPS) is 11.3. The molecule has 2 rings (SSSR count). The maximum absolute atomic E-state index is 12.2. The highest BCUT2D eigenvalue weighted by Gasteiger charge is 2.29. The van der Waals surface area contributed by atoms with Crippen LogP contribution in [0.5, 0.6) is 0 Å². The van der Waals surface area contributed by atoms with Crippen LogP contribution in [-0.4, -0.2) is 32.1 Å². The molecule has 0 aliphatic heterocycles. The minimum absolute atomic E-state index is 0.187. The van der Waals surface area contributed by atoms with Gasteiger partial charge in [-0.15, -0.1) is 10.2 Å². The zero-order chi connectivity index (χ0) is 14.6. The number of nitrogens with two attached hydrogens (primary N) is 1. The predicted molar refractivity (Wildman–Crippen MR) is 75.7 cm³/mol. The molecule has 0 unspecified atom stereocenters. The fourth-order valence-electron chi connectivity index (χ4n) is 1.85. The van der Waals surface area contributed by atoms with Gasteiger partial charge in [-0.3, -0.25) is 4.79 Å². The van der Waals surface area contributed by atoms with Crippen molar-refractivity contribution in [3.63, 3.8) is 0 Å². The smallest absolute Gasteiger partial charge is 0.244 e. The number of amides is 1. The Labute approximate surface area is 117 Å². The number of carbonyl (C=O) groups is 1. The third kappa shape index (κ3) is 2.83. The Balaban J connectivity index is 2.19. The second-order valence-electron chi connectivity index (χ2n) is 4.63. The first-order valence-electron chi connectivity index (χ1n) is 6.53. The van der Waals surface area contributed by atoms with E-state index in [1.165, 1.54) is 0 Å². The van der Waals surface area contributed by atoms with Crippen molar-refractivity contribution < 1.29 is 4.79 Å². The average Bonchev–Trinajstić information content (AvgIpc) is 3.01. The maximum atomic E-state index is 12.2. The Hall–Kier alpha value is -2.28. The van der Waals surface area contributed by atoms with Gasteiger partial charge in [0.1, 0.15) is 0 Å². The van der Waals surface area contributed by atoms with Gasteiger partial charge in [-0.05, 0) is 30.2 Å². The van der Waals surface area contributed by atoms with Gasteiger partial charge in [0.2, 0.25) is 11.7 Å². The number of rotatable bonds is 5.